The molecular weight excluding hydrogens is 441 g/mol. The molecule has 1 fully saturated rings. The third kappa shape index (κ3) is 4.86. The number of carbonyl (C=O) groups excluding carboxylic acids is 1. The smallest absolute Gasteiger partial charge is 0.497 e. The van der Waals surface area contributed by atoms with Crippen LogP contribution in [0.1, 0.15) is 34.8 Å². The lowest BCUT2D eigenvalue weighted by Gasteiger charge is -2.32. The largest absolute Gasteiger partial charge is 0.573 e. The van der Waals surface area contributed by atoms with Gasteiger partial charge in [-0.2, -0.15) is 0 Å². The van der Waals surface area contributed by atoms with Crippen LogP contribution in [0, 0.1) is 4.91 Å². The van der Waals surface area contributed by atoms with Gasteiger partial charge in [0.15, 0.2) is 0 Å². The first-order chi connectivity index (χ1) is 15.8. The van der Waals surface area contributed by atoms with Crippen LogP contribution in [0.5, 0.6) is 11.5 Å². The fourth-order valence-corrected chi connectivity index (χ4v) is 4.01. The number of ether oxygens (including phenoxy) is 2. The van der Waals surface area contributed by atoms with E-state index in [1.54, 1.807) is 12.0 Å². The highest BCUT2D eigenvalue weighted by Crippen LogP contribution is 2.33. The van der Waals surface area contributed by atoms with E-state index in [0.717, 1.165) is 28.7 Å². The SMILES string of the molecule is COc1ccc2c(C3CCN(C(=O)c4ccc(OC(F)(F)F)c([NH+]=O)c4)CC3)ncnc2c1. The average Bonchev–Trinajstić information content (AvgIpc) is 2.82. The summed E-state index contributed by atoms with van der Waals surface area (Å²) < 4.78 is 46.5. The van der Waals surface area contributed by atoms with E-state index in [9.17, 15) is 22.9 Å². The summed E-state index contributed by atoms with van der Waals surface area (Å²) in [5.41, 5.74) is 1.31. The lowest BCUT2D eigenvalue weighted by molar-refractivity contribution is -0.383. The molecule has 11 heteroatoms. The summed E-state index contributed by atoms with van der Waals surface area (Å²) >= 11 is 0. The zero-order valence-electron chi connectivity index (χ0n) is 17.6. The normalized spacial score (nSPS) is 14.8. The second kappa shape index (κ2) is 9.00. The van der Waals surface area contributed by atoms with Gasteiger partial charge < -0.3 is 14.4 Å². The maximum Gasteiger partial charge on any atom is 0.573 e. The van der Waals surface area contributed by atoms with Crippen molar-refractivity contribution in [3.8, 4) is 11.5 Å². The number of fused-ring (bicyclic) bond motifs is 1. The number of piperidine rings is 1. The molecule has 3 aromatic rings. The molecule has 1 aromatic heterocycles. The van der Waals surface area contributed by atoms with E-state index >= 15 is 0 Å². The molecular formula is C22H20F3N4O4+. The average molecular weight is 461 g/mol. The Morgan fingerprint density at radius 3 is 2.55 bits per heavy atom. The molecule has 2 aromatic carbocycles. The molecule has 0 atom stereocenters. The number of methoxy groups -OCH3 is 1. The Morgan fingerprint density at radius 2 is 1.88 bits per heavy atom. The number of aromatic nitrogens is 2. The minimum absolute atomic E-state index is 0.0981. The lowest BCUT2D eigenvalue weighted by atomic mass is 9.90. The molecule has 1 saturated heterocycles. The minimum atomic E-state index is -4.95. The Hall–Kier alpha value is -3.76. The van der Waals surface area contributed by atoms with E-state index in [0.29, 0.717) is 31.7 Å². The summed E-state index contributed by atoms with van der Waals surface area (Å²) in [7, 11) is 1.59. The third-order valence-corrected chi connectivity index (χ3v) is 5.61. The number of nitrogens with one attached hydrogen (secondary N) is 1. The van der Waals surface area contributed by atoms with Gasteiger partial charge in [-0.3, -0.25) is 4.79 Å². The van der Waals surface area contributed by atoms with Crippen molar-refractivity contribution in [2.24, 2.45) is 0 Å². The zero-order valence-corrected chi connectivity index (χ0v) is 17.6. The molecule has 1 N–H and O–H groups in total. The van der Waals surface area contributed by atoms with Crippen LogP contribution >= 0.6 is 0 Å². The van der Waals surface area contributed by atoms with Gasteiger partial charge in [-0.25, -0.2) is 9.97 Å². The maximum absolute atomic E-state index is 12.9. The lowest BCUT2D eigenvalue weighted by Crippen LogP contribution is -2.56. The molecule has 33 heavy (non-hydrogen) atoms. The highest BCUT2D eigenvalue weighted by Gasteiger charge is 2.34. The number of halogens is 3. The zero-order chi connectivity index (χ0) is 23.6. The molecule has 1 aliphatic heterocycles. The first-order valence-corrected chi connectivity index (χ1v) is 10.1. The standard InChI is InChI=1S/C22H19F3N4O4/c1-32-15-3-4-16-17(11-15)26-12-27-20(16)13-6-8-29(9-7-13)21(30)14-2-5-19(18(10-14)28-31)33-22(23,24)25/h2-5,10-13H,6-9H2,1H3/p+1. The number of carbonyl (C=O) groups is 1. The predicted octanol–water partition coefficient (Wildman–Crippen LogP) is 3.04. The van der Waals surface area contributed by atoms with Crippen molar-refractivity contribution in [3.05, 3.63) is 58.9 Å². The van der Waals surface area contributed by atoms with Gasteiger partial charge in [0, 0.05) is 52.2 Å². The molecule has 172 valence electrons. The summed E-state index contributed by atoms with van der Waals surface area (Å²) in [5.74, 6) is -0.249. The van der Waals surface area contributed by atoms with E-state index in [1.807, 2.05) is 18.2 Å². The van der Waals surface area contributed by atoms with Gasteiger partial charge in [-0.05, 0) is 37.1 Å². The monoisotopic (exact) mass is 461 g/mol. The van der Waals surface area contributed by atoms with Gasteiger partial charge in [0.1, 0.15) is 12.1 Å². The van der Waals surface area contributed by atoms with Crippen molar-refractivity contribution >= 4 is 22.5 Å². The summed E-state index contributed by atoms with van der Waals surface area (Å²) in [6.07, 6.45) is -2.12. The quantitative estimate of drug-likeness (QED) is 0.628. The van der Waals surface area contributed by atoms with Crippen LogP contribution in [0.15, 0.2) is 42.7 Å². The summed E-state index contributed by atoms with van der Waals surface area (Å²) in [5, 5.41) is 2.33. The Balaban J connectivity index is 1.48. The number of amides is 1. The Kier molecular flexibility index (Phi) is 6.12. The van der Waals surface area contributed by atoms with Crippen molar-refractivity contribution in [3.63, 3.8) is 0 Å². The second-order valence-corrected chi connectivity index (χ2v) is 7.57. The van der Waals surface area contributed by atoms with Gasteiger partial charge >= 0.3 is 6.36 Å². The van der Waals surface area contributed by atoms with Crippen LogP contribution in [0.3, 0.4) is 0 Å². The number of alkyl halides is 3. The molecule has 2 heterocycles. The number of hydrogen-bond donors (Lipinski definition) is 1. The number of nitrogens with zero attached hydrogens (tertiary/aromatic N) is 3. The third-order valence-electron chi connectivity index (χ3n) is 5.61. The fraction of sp³-hybridized carbons (Fsp3) is 0.318. The summed E-state index contributed by atoms with van der Waals surface area (Å²) in [6.45, 7) is 0.873. The van der Waals surface area contributed by atoms with E-state index in [-0.39, 0.29) is 17.4 Å². The Morgan fingerprint density at radius 1 is 1.12 bits per heavy atom. The molecule has 8 nitrogen and oxygen atoms in total. The maximum atomic E-state index is 12.9. The van der Waals surface area contributed by atoms with Crippen molar-refractivity contribution in [1.29, 1.82) is 0 Å². The van der Waals surface area contributed by atoms with Crippen LogP contribution < -0.4 is 14.7 Å². The second-order valence-electron chi connectivity index (χ2n) is 7.57. The van der Waals surface area contributed by atoms with E-state index in [4.69, 9.17) is 4.74 Å². The topological polar surface area (TPSA) is 95.6 Å². The van der Waals surface area contributed by atoms with Crippen LogP contribution in [-0.2, 0) is 0 Å². The fourth-order valence-electron chi connectivity index (χ4n) is 4.01. The first-order valence-electron chi connectivity index (χ1n) is 10.1. The minimum Gasteiger partial charge on any atom is -0.497 e. The van der Waals surface area contributed by atoms with Gasteiger partial charge in [-0.1, -0.05) is 0 Å². The highest BCUT2D eigenvalue weighted by atomic mass is 19.4. The van der Waals surface area contributed by atoms with Gasteiger partial charge in [0.2, 0.25) is 5.75 Å². The summed E-state index contributed by atoms with van der Waals surface area (Å²) in [4.78, 5) is 34.4. The molecule has 0 radical (unpaired) electrons. The highest BCUT2D eigenvalue weighted by molar-refractivity contribution is 5.95. The molecule has 0 unspecified atom stereocenters. The van der Waals surface area contributed by atoms with E-state index in [2.05, 4.69) is 14.7 Å². The number of rotatable bonds is 5. The molecule has 0 spiro atoms. The van der Waals surface area contributed by atoms with Crippen molar-refractivity contribution < 1.29 is 32.6 Å². The molecule has 4 rings (SSSR count). The molecule has 0 saturated carbocycles. The number of hydrogen-bond acceptors (Lipinski definition) is 6. The molecule has 1 amide bonds. The van der Waals surface area contributed by atoms with E-state index in [1.165, 1.54) is 17.6 Å². The number of benzene rings is 2. The van der Waals surface area contributed by atoms with Crippen LogP contribution in [0.25, 0.3) is 10.9 Å². The van der Waals surface area contributed by atoms with Crippen molar-refractivity contribution in [1.82, 2.24) is 14.9 Å². The van der Waals surface area contributed by atoms with Crippen molar-refractivity contribution in [2.75, 3.05) is 20.2 Å². The molecule has 1 aliphatic rings. The van der Waals surface area contributed by atoms with E-state index < -0.39 is 17.8 Å². The van der Waals surface area contributed by atoms with Gasteiger partial charge in [0.25, 0.3) is 11.6 Å². The van der Waals surface area contributed by atoms with Crippen LogP contribution in [-0.4, -0.2) is 47.3 Å². The number of nitroso groups, excluding NO2 is 1. The van der Waals surface area contributed by atoms with Gasteiger partial charge in [0.05, 0.1) is 18.3 Å². The molecule has 0 aliphatic carbocycles. The first kappa shape index (κ1) is 22.4. The summed E-state index contributed by atoms with van der Waals surface area (Å²) in [6, 6.07) is 8.84. The molecule has 0 bridgehead atoms. The number of likely N-dealkylation sites (tertiary alicyclic amines) is 1. The van der Waals surface area contributed by atoms with Gasteiger partial charge in [-0.15, -0.1) is 13.2 Å². The Bertz CT molecular complexity index is 1190. The van der Waals surface area contributed by atoms with Crippen LogP contribution in [0.4, 0.5) is 18.9 Å². The Labute approximate surface area is 186 Å². The predicted molar refractivity (Wildman–Crippen MR) is 111 cm³/mol. The van der Waals surface area contributed by atoms with Crippen LogP contribution in [0.2, 0.25) is 0 Å². The van der Waals surface area contributed by atoms with Crippen molar-refractivity contribution in [2.45, 2.75) is 25.1 Å².